The molecule has 0 atom stereocenters. The van der Waals surface area contributed by atoms with Gasteiger partial charge in [-0.25, -0.2) is 0 Å². The third-order valence-corrected chi connectivity index (χ3v) is 2.32. The summed E-state index contributed by atoms with van der Waals surface area (Å²) < 4.78 is 2.31. The van der Waals surface area contributed by atoms with Crippen LogP contribution in [0.4, 0.5) is 0 Å². The molecule has 2 aromatic rings. The maximum Gasteiger partial charge on any atom is 0.0485 e. The van der Waals surface area contributed by atoms with Crippen LogP contribution in [0, 0.1) is 0 Å². The topological polar surface area (TPSA) is 4.93 Å². The van der Waals surface area contributed by atoms with Crippen molar-refractivity contribution in [3.8, 4) is 0 Å². The van der Waals surface area contributed by atoms with E-state index in [1.807, 2.05) is 0 Å². The highest BCUT2D eigenvalue weighted by atomic mass is 15.0. The Bertz CT molecular complexity index is 418. The van der Waals surface area contributed by atoms with Crippen LogP contribution in [0.25, 0.3) is 10.9 Å². The minimum Gasteiger partial charge on any atom is -0.342 e. The average molecular weight is 173 g/mol. The van der Waals surface area contributed by atoms with Crippen molar-refractivity contribution in [1.82, 2.24) is 4.57 Å². The summed E-state index contributed by atoms with van der Waals surface area (Å²) in [6.07, 6.45) is 2.16. The lowest BCUT2D eigenvalue weighted by atomic mass is 10.1. The van der Waals surface area contributed by atoms with Gasteiger partial charge in [-0.3, -0.25) is 0 Å². The molecule has 1 heteroatoms. The summed E-state index contributed by atoms with van der Waals surface area (Å²) in [6.45, 7) is 6.66. The van der Waals surface area contributed by atoms with Crippen molar-refractivity contribution in [3.05, 3.63) is 36.5 Å². The Morgan fingerprint density at radius 1 is 1.00 bits per heavy atom. The van der Waals surface area contributed by atoms with Gasteiger partial charge in [0, 0.05) is 17.3 Å². The number of aromatic nitrogens is 1. The zero-order valence-electron chi connectivity index (χ0n) is 8.41. The Morgan fingerprint density at radius 3 is 2.38 bits per heavy atom. The third kappa shape index (κ3) is 1.35. The van der Waals surface area contributed by atoms with Crippen LogP contribution in [-0.4, -0.2) is 4.57 Å². The monoisotopic (exact) mass is 173 g/mol. The molecule has 0 radical (unpaired) electrons. The molecule has 0 amide bonds. The van der Waals surface area contributed by atoms with Gasteiger partial charge in [-0.05, 0) is 38.3 Å². The molecule has 1 nitrogen and oxygen atoms in total. The lowest BCUT2D eigenvalue weighted by Gasteiger charge is -2.22. The predicted molar refractivity (Wildman–Crippen MR) is 56.9 cm³/mol. The van der Waals surface area contributed by atoms with E-state index in [0.717, 1.165) is 0 Å². The summed E-state index contributed by atoms with van der Waals surface area (Å²) in [7, 11) is 0. The predicted octanol–water partition coefficient (Wildman–Crippen LogP) is 3.40. The van der Waals surface area contributed by atoms with Crippen LogP contribution in [0.5, 0.6) is 0 Å². The fourth-order valence-electron chi connectivity index (χ4n) is 1.67. The molecule has 1 aromatic heterocycles. The van der Waals surface area contributed by atoms with Gasteiger partial charge >= 0.3 is 0 Å². The number of nitrogens with zero attached hydrogens (tertiary/aromatic N) is 1. The maximum atomic E-state index is 2.31. The molecule has 0 unspecified atom stereocenters. The fraction of sp³-hybridized carbons (Fsp3) is 0.333. The molecule has 0 aliphatic carbocycles. The Hall–Kier alpha value is -1.24. The van der Waals surface area contributed by atoms with Crippen molar-refractivity contribution in [1.29, 1.82) is 0 Å². The van der Waals surface area contributed by atoms with E-state index in [1.54, 1.807) is 0 Å². The standard InChI is InChI=1S/C12H15N/c1-12(2,3)13-9-8-10-6-4-5-7-11(10)13/h4-9H,1-3H3. The SMILES string of the molecule is CC(C)(C)n1ccc2ccccc21. The van der Waals surface area contributed by atoms with E-state index in [4.69, 9.17) is 0 Å². The lowest BCUT2D eigenvalue weighted by Crippen LogP contribution is -2.20. The van der Waals surface area contributed by atoms with Crippen LogP contribution < -0.4 is 0 Å². The largest absolute Gasteiger partial charge is 0.342 e. The minimum absolute atomic E-state index is 0.170. The van der Waals surface area contributed by atoms with Crippen LogP contribution in [0.15, 0.2) is 36.5 Å². The Labute approximate surface area is 79.0 Å². The molecular weight excluding hydrogens is 158 g/mol. The molecule has 0 spiro atoms. The Balaban J connectivity index is 2.72. The van der Waals surface area contributed by atoms with E-state index in [2.05, 4.69) is 61.9 Å². The van der Waals surface area contributed by atoms with E-state index in [1.165, 1.54) is 10.9 Å². The molecule has 0 N–H and O–H groups in total. The molecule has 1 aromatic carbocycles. The second kappa shape index (κ2) is 2.63. The van der Waals surface area contributed by atoms with Crippen LogP contribution in [0.2, 0.25) is 0 Å². The fourth-order valence-corrected chi connectivity index (χ4v) is 1.67. The number of rotatable bonds is 0. The molecule has 68 valence electrons. The van der Waals surface area contributed by atoms with E-state index in [0.29, 0.717) is 0 Å². The number of hydrogen-bond acceptors (Lipinski definition) is 0. The zero-order chi connectivity index (χ0) is 9.47. The van der Waals surface area contributed by atoms with Crippen LogP contribution in [-0.2, 0) is 5.54 Å². The van der Waals surface area contributed by atoms with E-state index in [-0.39, 0.29) is 5.54 Å². The molecule has 1 heterocycles. The quantitative estimate of drug-likeness (QED) is 0.575. The molecule has 0 aliphatic heterocycles. The first kappa shape index (κ1) is 8.36. The number of benzene rings is 1. The molecule has 0 bridgehead atoms. The highest BCUT2D eigenvalue weighted by Crippen LogP contribution is 2.23. The van der Waals surface area contributed by atoms with Gasteiger partial charge in [-0.15, -0.1) is 0 Å². The normalized spacial score (nSPS) is 12.2. The van der Waals surface area contributed by atoms with E-state index >= 15 is 0 Å². The summed E-state index contributed by atoms with van der Waals surface area (Å²) in [4.78, 5) is 0. The molecule has 2 rings (SSSR count). The number of para-hydroxylation sites is 1. The summed E-state index contributed by atoms with van der Waals surface area (Å²) in [5.41, 5.74) is 1.48. The molecule has 0 saturated carbocycles. The number of hydrogen-bond donors (Lipinski definition) is 0. The van der Waals surface area contributed by atoms with Gasteiger partial charge in [0.1, 0.15) is 0 Å². The van der Waals surface area contributed by atoms with Gasteiger partial charge in [-0.2, -0.15) is 0 Å². The van der Waals surface area contributed by atoms with Crippen LogP contribution >= 0.6 is 0 Å². The summed E-state index contributed by atoms with van der Waals surface area (Å²) >= 11 is 0. The van der Waals surface area contributed by atoms with Crippen molar-refractivity contribution in [3.63, 3.8) is 0 Å². The molecule has 0 aliphatic rings. The summed E-state index contributed by atoms with van der Waals surface area (Å²) in [5, 5.41) is 1.32. The van der Waals surface area contributed by atoms with Crippen LogP contribution in [0.1, 0.15) is 20.8 Å². The maximum absolute atomic E-state index is 2.31. The van der Waals surface area contributed by atoms with E-state index in [9.17, 15) is 0 Å². The molecule has 0 fully saturated rings. The second-order valence-electron chi connectivity index (χ2n) is 4.42. The molecule has 0 saturated heterocycles. The van der Waals surface area contributed by atoms with E-state index < -0.39 is 0 Å². The first-order chi connectivity index (χ1) is 6.09. The van der Waals surface area contributed by atoms with Gasteiger partial charge in [-0.1, -0.05) is 18.2 Å². The lowest BCUT2D eigenvalue weighted by molar-refractivity contribution is 0.411. The highest BCUT2D eigenvalue weighted by molar-refractivity contribution is 5.80. The number of fused-ring (bicyclic) bond motifs is 1. The van der Waals surface area contributed by atoms with Crippen molar-refractivity contribution in [2.45, 2.75) is 26.3 Å². The Morgan fingerprint density at radius 2 is 1.69 bits per heavy atom. The van der Waals surface area contributed by atoms with Gasteiger partial charge < -0.3 is 4.57 Å². The van der Waals surface area contributed by atoms with Crippen molar-refractivity contribution in [2.75, 3.05) is 0 Å². The smallest absolute Gasteiger partial charge is 0.0485 e. The van der Waals surface area contributed by atoms with Crippen molar-refractivity contribution < 1.29 is 0 Å². The van der Waals surface area contributed by atoms with Crippen molar-refractivity contribution >= 4 is 10.9 Å². The zero-order valence-corrected chi connectivity index (χ0v) is 8.41. The summed E-state index contributed by atoms with van der Waals surface area (Å²) in [6, 6.07) is 10.7. The average Bonchev–Trinajstić information content (AvgIpc) is 2.45. The highest BCUT2D eigenvalue weighted by Gasteiger charge is 2.13. The first-order valence-corrected chi connectivity index (χ1v) is 4.65. The summed E-state index contributed by atoms with van der Waals surface area (Å²) in [5.74, 6) is 0. The third-order valence-electron chi connectivity index (χ3n) is 2.32. The second-order valence-corrected chi connectivity index (χ2v) is 4.42. The Kier molecular flexibility index (Phi) is 1.69. The van der Waals surface area contributed by atoms with Gasteiger partial charge in [0.25, 0.3) is 0 Å². The van der Waals surface area contributed by atoms with Gasteiger partial charge in [0.05, 0.1) is 0 Å². The minimum atomic E-state index is 0.170. The molecular formula is C12H15N. The van der Waals surface area contributed by atoms with Gasteiger partial charge in [0.2, 0.25) is 0 Å². The van der Waals surface area contributed by atoms with Crippen LogP contribution in [0.3, 0.4) is 0 Å². The van der Waals surface area contributed by atoms with Crippen molar-refractivity contribution in [2.24, 2.45) is 0 Å². The van der Waals surface area contributed by atoms with Gasteiger partial charge in [0.15, 0.2) is 0 Å². The first-order valence-electron chi connectivity index (χ1n) is 4.65. The molecule has 13 heavy (non-hydrogen) atoms.